The molecule has 18 heavy (non-hydrogen) atoms. The first-order valence-electron chi connectivity index (χ1n) is 5.64. The van der Waals surface area contributed by atoms with E-state index in [2.05, 4.69) is 14.7 Å². The number of nitrogens with one attached hydrogen (secondary N) is 1. The minimum Gasteiger partial charge on any atom is -0.381 e. The van der Waals surface area contributed by atoms with Crippen LogP contribution >= 0.6 is 0 Å². The molecule has 3 N–H and O–H groups in total. The normalized spacial score (nSPS) is 24.3. The number of aromatic nitrogens is 2. The molecule has 0 radical (unpaired) electrons. The number of nitrogens with zero attached hydrogens (tertiary/aromatic N) is 2. The van der Waals surface area contributed by atoms with Gasteiger partial charge in [0.15, 0.2) is 0 Å². The Balaban J connectivity index is 2.06. The fourth-order valence-corrected chi connectivity index (χ4v) is 3.19. The van der Waals surface area contributed by atoms with E-state index in [0.717, 1.165) is 12.8 Å². The molecule has 0 aliphatic heterocycles. The van der Waals surface area contributed by atoms with E-state index in [4.69, 9.17) is 10.5 Å². The van der Waals surface area contributed by atoms with Crippen molar-refractivity contribution in [3.8, 4) is 0 Å². The van der Waals surface area contributed by atoms with Gasteiger partial charge in [-0.1, -0.05) is 0 Å². The van der Waals surface area contributed by atoms with Crippen LogP contribution in [0.25, 0.3) is 0 Å². The Morgan fingerprint density at radius 3 is 2.61 bits per heavy atom. The lowest BCUT2D eigenvalue weighted by Crippen LogP contribution is -2.33. The van der Waals surface area contributed by atoms with E-state index in [0.29, 0.717) is 6.42 Å². The summed E-state index contributed by atoms with van der Waals surface area (Å²) in [4.78, 5) is 7.37. The van der Waals surface area contributed by atoms with E-state index in [1.807, 2.05) is 0 Å². The number of nitrogen functional groups attached to an aromatic ring is 1. The van der Waals surface area contributed by atoms with Crippen LogP contribution < -0.4 is 10.5 Å². The Morgan fingerprint density at radius 2 is 2.06 bits per heavy atom. The van der Waals surface area contributed by atoms with E-state index < -0.39 is 10.0 Å². The second kappa shape index (κ2) is 5.17. The lowest BCUT2D eigenvalue weighted by Gasteiger charge is -2.12. The van der Waals surface area contributed by atoms with Crippen LogP contribution in [0, 0.1) is 0 Å². The highest BCUT2D eigenvalue weighted by Crippen LogP contribution is 2.23. The molecule has 1 heterocycles. The summed E-state index contributed by atoms with van der Waals surface area (Å²) in [5.74, 6) is 0.0502. The summed E-state index contributed by atoms with van der Waals surface area (Å²) in [6.07, 6.45) is 4.85. The van der Waals surface area contributed by atoms with Crippen LogP contribution in [-0.2, 0) is 14.8 Å². The molecule has 1 aliphatic rings. The number of methoxy groups -OCH3 is 1. The molecule has 8 heteroatoms. The molecule has 0 aromatic carbocycles. The molecule has 100 valence electrons. The molecule has 0 amide bonds. The summed E-state index contributed by atoms with van der Waals surface area (Å²) in [5.41, 5.74) is 5.32. The van der Waals surface area contributed by atoms with Crippen LogP contribution in [0.1, 0.15) is 19.3 Å². The molecule has 7 nitrogen and oxygen atoms in total. The van der Waals surface area contributed by atoms with Crippen molar-refractivity contribution in [1.82, 2.24) is 14.7 Å². The third-order valence-corrected chi connectivity index (χ3v) is 4.47. The molecule has 1 fully saturated rings. The summed E-state index contributed by atoms with van der Waals surface area (Å²) in [5, 5.41) is 0. The zero-order valence-electron chi connectivity index (χ0n) is 10.0. The van der Waals surface area contributed by atoms with Gasteiger partial charge in [-0.3, -0.25) is 0 Å². The lowest BCUT2D eigenvalue weighted by molar-refractivity contribution is 0.107. The predicted molar refractivity (Wildman–Crippen MR) is 65.2 cm³/mol. The second-order valence-electron chi connectivity index (χ2n) is 4.27. The molecular formula is C10H16N4O3S. The SMILES string of the molecule is COC1CCC(NS(=O)(=O)c2cnc(N)nc2)C1. The smallest absolute Gasteiger partial charge is 0.243 e. The number of nitrogens with two attached hydrogens (primary N) is 1. The summed E-state index contributed by atoms with van der Waals surface area (Å²) in [7, 11) is -1.94. The zero-order chi connectivity index (χ0) is 13.2. The van der Waals surface area contributed by atoms with E-state index in [-0.39, 0.29) is 23.0 Å². The highest BCUT2D eigenvalue weighted by molar-refractivity contribution is 7.89. The Labute approximate surface area is 106 Å². The van der Waals surface area contributed by atoms with Crippen molar-refractivity contribution in [2.45, 2.75) is 36.3 Å². The highest BCUT2D eigenvalue weighted by Gasteiger charge is 2.28. The van der Waals surface area contributed by atoms with Crippen molar-refractivity contribution in [2.24, 2.45) is 0 Å². The van der Waals surface area contributed by atoms with Crippen molar-refractivity contribution < 1.29 is 13.2 Å². The lowest BCUT2D eigenvalue weighted by atomic mass is 10.3. The topological polar surface area (TPSA) is 107 Å². The van der Waals surface area contributed by atoms with Gasteiger partial charge in [0.1, 0.15) is 4.90 Å². The van der Waals surface area contributed by atoms with E-state index in [1.54, 1.807) is 7.11 Å². The zero-order valence-corrected chi connectivity index (χ0v) is 10.9. The number of anilines is 1. The average Bonchev–Trinajstić information content (AvgIpc) is 2.76. The van der Waals surface area contributed by atoms with Crippen molar-refractivity contribution >= 4 is 16.0 Å². The largest absolute Gasteiger partial charge is 0.381 e. The molecule has 1 aromatic heterocycles. The van der Waals surface area contributed by atoms with Crippen molar-refractivity contribution in [2.75, 3.05) is 12.8 Å². The van der Waals surface area contributed by atoms with Gasteiger partial charge in [0.25, 0.3) is 0 Å². The van der Waals surface area contributed by atoms with Crippen LogP contribution in [0.4, 0.5) is 5.95 Å². The van der Waals surface area contributed by atoms with Gasteiger partial charge in [-0.2, -0.15) is 0 Å². The Hall–Kier alpha value is -1.25. The number of ether oxygens (including phenoxy) is 1. The summed E-state index contributed by atoms with van der Waals surface area (Å²) < 4.78 is 31.9. The van der Waals surface area contributed by atoms with Crippen molar-refractivity contribution in [3.63, 3.8) is 0 Å². The number of sulfonamides is 1. The van der Waals surface area contributed by atoms with Gasteiger partial charge in [0.05, 0.1) is 18.5 Å². The van der Waals surface area contributed by atoms with Gasteiger partial charge in [0, 0.05) is 13.2 Å². The molecule has 2 rings (SSSR count). The summed E-state index contributed by atoms with van der Waals surface area (Å²) in [6.45, 7) is 0. The van der Waals surface area contributed by atoms with E-state index >= 15 is 0 Å². The fourth-order valence-electron chi connectivity index (χ4n) is 2.01. The van der Waals surface area contributed by atoms with Gasteiger partial charge in [-0.05, 0) is 19.3 Å². The summed E-state index contributed by atoms with van der Waals surface area (Å²) in [6, 6.07) is -0.0995. The molecule has 1 aliphatic carbocycles. The number of rotatable bonds is 4. The molecule has 1 saturated carbocycles. The Kier molecular flexibility index (Phi) is 3.79. The van der Waals surface area contributed by atoms with Gasteiger partial charge < -0.3 is 10.5 Å². The van der Waals surface area contributed by atoms with Crippen LogP contribution in [0.15, 0.2) is 17.3 Å². The maximum Gasteiger partial charge on any atom is 0.243 e. The third-order valence-electron chi connectivity index (χ3n) is 3.00. The molecule has 0 bridgehead atoms. The minimum absolute atomic E-state index is 0.0255. The van der Waals surface area contributed by atoms with Crippen LogP contribution in [-0.4, -0.2) is 37.6 Å². The first kappa shape index (κ1) is 13.2. The first-order valence-corrected chi connectivity index (χ1v) is 7.12. The fraction of sp³-hybridized carbons (Fsp3) is 0.600. The van der Waals surface area contributed by atoms with Gasteiger partial charge in [0.2, 0.25) is 16.0 Å². The Morgan fingerprint density at radius 1 is 1.39 bits per heavy atom. The highest BCUT2D eigenvalue weighted by atomic mass is 32.2. The second-order valence-corrected chi connectivity index (χ2v) is 5.98. The van der Waals surface area contributed by atoms with Crippen LogP contribution in [0.5, 0.6) is 0 Å². The number of hydrogen-bond donors (Lipinski definition) is 2. The van der Waals surface area contributed by atoms with Crippen molar-refractivity contribution in [1.29, 1.82) is 0 Å². The molecule has 0 saturated heterocycles. The Bertz CT molecular complexity index is 502. The maximum absolute atomic E-state index is 12.0. The standard InChI is InChI=1S/C10H16N4O3S/c1-17-8-3-2-7(4-8)14-18(15,16)9-5-12-10(11)13-6-9/h5-8,14H,2-4H2,1H3,(H2,11,12,13). The van der Waals surface area contributed by atoms with Gasteiger partial charge in [-0.25, -0.2) is 23.1 Å². The maximum atomic E-state index is 12.0. The van der Waals surface area contributed by atoms with Crippen molar-refractivity contribution in [3.05, 3.63) is 12.4 Å². The minimum atomic E-state index is -3.58. The first-order chi connectivity index (χ1) is 8.51. The molecule has 1 aromatic rings. The monoisotopic (exact) mass is 272 g/mol. The molecular weight excluding hydrogens is 256 g/mol. The van der Waals surface area contributed by atoms with E-state index in [9.17, 15) is 8.42 Å². The molecule has 0 spiro atoms. The summed E-state index contributed by atoms with van der Waals surface area (Å²) >= 11 is 0. The molecule has 2 atom stereocenters. The average molecular weight is 272 g/mol. The van der Waals surface area contributed by atoms with Gasteiger partial charge >= 0.3 is 0 Å². The molecule has 2 unspecified atom stereocenters. The van der Waals surface area contributed by atoms with Crippen LogP contribution in [0.2, 0.25) is 0 Å². The predicted octanol–water partition coefficient (Wildman–Crippen LogP) is -0.0954. The van der Waals surface area contributed by atoms with Gasteiger partial charge in [-0.15, -0.1) is 0 Å². The quantitative estimate of drug-likeness (QED) is 0.793. The van der Waals surface area contributed by atoms with Crippen LogP contribution in [0.3, 0.4) is 0 Å². The number of hydrogen-bond acceptors (Lipinski definition) is 6. The van der Waals surface area contributed by atoms with E-state index in [1.165, 1.54) is 12.4 Å². The third kappa shape index (κ3) is 2.95.